The summed E-state index contributed by atoms with van der Waals surface area (Å²) in [6, 6.07) is 6.42. The second-order valence-corrected chi connectivity index (χ2v) is 6.78. The Kier molecular flexibility index (Phi) is 4.06. The van der Waals surface area contributed by atoms with Crippen LogP contribution >= 0.6 is 0 Å². The van der Waals surface area contributed by atoms with Crippen molar-refractivity contribution in [1.82, 2.24) is 20.0 Å². The summed E-state index contributed by atoms with van der Waals surface area (Å²) in [5.74, 6) is 0.395. The summed E-state index contributed by atoms with van der Waals surface area (Å²) in [6.07, 6.45) is 6.60. The molecule has 24 heavy (non-hydrogen) atoms. The van der Waals surface area contributed by atoms with E-state index in [1.807, 2.05) is 0 Å². The lowest BCUT2D eigenvalue weighted by Gasteiger charge is -2.26. The summed E-state index contributed by atoms with van der Waals surface area (Å²) >= 11 is 0. The molecule has 3 aliphatic heterocycles. The lowest BCUT2D eigenvalue weighted by molar-refractivity contribution is 0.216. The van der Waals surface area contributed by atoms with Gasteiger partial charge in [-0.15, -0.1) is 0 Å². The molecule has 1 unspecified atom stereocenters. The quantitative estimate of drug-likeness (QED) is 0.922. The summed E-state index contributed by atoms with van der Waals surface area (Å²) in [5.41, 5.74) is 1.06. The zero-order chi connectivity index (χ0) is 16.5. The number of amides is 1. The first-order chi connectivity index (χ1) is 11.7. The van der Waals surface area contributed by atoms with Crippen molar-refractivity contribution in [3.05, 3.63) is 42.5 Å². The highest BCUT2D eigenvalue weighted by Gasteiger charge is 2.30. The molecule has 1 N–H and O–H groups in total. The van der Waals surface area contributed by atoms with Crippen LogP contribution < -0.4 is 5.32 Å². The first-order valence-electron chi connectivity index (χ1n) is 8.52. The van der Waals surface area contributed by atoms with Crippen LogP contribution in [0.5, 0.6) is 0 Å². The molecule has 5 nitrogen and oxygen atoms in total. The molecule has 0 spiro atoms. The number of hydrogen-bond acceptors (Lipinski definition) is 3. The Bertz CT molecular complexity index is 722. The highest BCUT2D eigenvalue weighted by Crippen LogP contribution is 2.27. The number of aromatic nitrogens is 2. The van der Waals surface area contributed by atoms with Gasteiger partial charge in [-0.25, -0.2) is 9.18 Å². The molecule has 4 heterocycles. The molecule has 0 aliphatic carbocycles. The summed E-state index contributed by atoms with van der Waals surface area (Å²) in [6.45, 7) is 3.18. The highest BCUT2D eigenvalue weighted by atomic mass is 19.1. The number of benzene rings is 1. The van der Waals surface area contributed by atoms with Crippen molar-refractivity contribution in [2.45, 2.75) is 25.3 Å². The van der Waals surface area contributed by atoms with Gasteiger partial charge < -0.3 is 10.2 Å². The van der Waals surface area contributed by atoms with Crippen molar-refractivity contribution in [2.24, 2.45) is 5.92 Å². The molecule has 1 aromatic carbocycles. The highest BCUT2D eigenvalue weighted by molar-refractivity contribution is 5.77. The van der Waals surface area contributed by atoms with Crippen molar-refractivity contribution in [2.75, 3.05) is 19.6 Å². The van der Waals surface area contributed by atoms with E-state index in [0.717, 1.165) is 26.1 Å². The minimum absolute atomic E-state index is 0.161. The summed E-state index contributed by atoms with van der Waals surface area (Å²) in [4.78, 5) is 14.9. The number of carbonyl (C=O) groups excluding carboxylic acids is 1. The molecule has 126 valence electrons. The van der Waals surface area contributed by atoms with Gasteiger partial charge in [-0.1, -0.05) is 18.2 Å². The molecule has 2 aromatic rings. The van der Waals surface area contributed by atoms with Crippen LogP contribution in [-0.2, 0) is 0 Å². The molecule has 1 amide bonds. The first kappa shape index (κ1) is 15.3. The van der Waals surface area contributed by atoms with Crippen molar-refractivity contribution < 1.29 is 9.18 Å². The third-order valence-corrected chi connectivity index (χ3v) is 5.11. The minimum Gasteiger partial charge on any atom is -0.332 e. The number of halogens is 1. The average Bonchev–Trinajstić information content (AvgIpc) is 2.90. The van der Waals surface area contributed by atoms with E-state index >= 15 is 0 Å². The van der Waals surface area contributed by atoms with Gasteiger partial charge in [0.25, 0.3) is 0 Å². The van der Waals surface area contributed by atoms with Gasteiger partial charge in [0.15, 0.2) is 0 Å². The number of nitrogens with zero attached hydrogens (tertiary/aromatic N) is 3. The number of carbonyl (C=O) groups is 1. The Balaban J connectivity index is 1.46. The molecule has 6 heteroatoms. The predicted molar refractivity (Wildman–Crippen MR) is 89.1 cm³/mol. The lowest BCUT2D eigenvalue weighted by atomic mass is 9.94. The second kappa shape index (κ2) is 6.36. The van der Waals surface area contributed by atoms with Crippen LogP contribution in [0.2, 0.25) is 0 Å². The molecule has 2 bridgehead atoms. The molecule has 3 aliphatic rings. The van der Waals surface area contributed by atoms with E-state index in [4.69, 9.17) is 0 Å². The molecular weight excluding hydrogens is 307 g/mol. The minimum atomic E-state index is -0.314. The number of piperidine rings is 1. The largest absolute Gasteiger partial charge is 0.342 e. The maximum atomic E-state index is 13.9. The third kappa shape index (κ3) is 3.06. The molecule has 3 saturated heterocycles. The average molecular weight is 328 g/mol. The van der Waals surface area contributed by atoms with Crippen LogP contribution in [0.3, 0.4) is 0 Å². The van der Waals surface area contributed by atoms with Crippen LogP contribution in [0.1, 0.15) is 19.3 Å². The fraction of sp³-hybridized carbons (Fsp3) is 0.444. The number of hydrogen-bond donors (Lipinski definition) is 1. The summed E-state index contributed by atoms with van der Waals surface area (Å²) in [7, 11) is 0. The monoisotopic (exact) mass is 328 g/mol. The van der Waals surface area contributed by atoms with E-state index in [1.54, 1.807) is 24.4 Å². The molecule has 3 fully saturated rings. The van der Waals surface area contributed by atoms with E-state index < -0.39 is 0 Å². The predicted octanol–water partition coefficient (Wildman–Crippen LogP) is 2.73. The van der Waals surface area contributed by atoms with Gasteiger partial charge >= 0.3 is 6.03 Å². The zero-order valence-corrected chi connectivity index (χ0v) is 13.5. The normalized spacial score (nSPS) is 26.1. The van der Waals surface area contributed by atoms with Gasteiger partial charge in [0.2, 0.25) is 0 Å². The summed E-state index contributed by atoms with van der Waals surface area (Å²) < 4.78 is 15.1. The zero-order valence-electron chi connectivity index (χ0n) is 13.5. The van der Waals surface area contributed by atoms with Crippen molar-refractivity contribution >= 4 is 6.03 Å². The summed E-state index contributed by atoms with van der Waals surface area (Å²) in [5, 5.41) is 7.18. The number of nitrogens with one attached hydrogen (secondary N) is 1. The molecule has 1 aromatic heterocycles. The number of fused-ring (bicyclic) bond motifs is 4. The molecular formula is C18H21FN4O. The van der Waals surface area contributed by atoms with Crippen LogP contribution in [0.4, 0.5) is 9.18 Å². The van der Waals surface area contributed by atoms with E-state index in [0.29, 0.717) is 17.0 Å². The standard InChI is InChI=1S/C18H21FN4O/c19-17-4-2-1-3-16(17)14-10-20-23(11-14)18(24)21-15-9-13-5-7-22(12-15)8-6-13/h1-4,10-11,13,15H,5-9,12H2,(H,21,24). The van der Waals surface area contributed by atoms with Crippen LogP contribution in [-0.4, -0.2) is 46.4 Å². The van der Waals surface area contributed by atoms with Gasteiger partial charge in [-0.2, -0.15) is 9.78 Å². The first-order valence-corrected chi connectivity index (χ1v) is 8.52. The second-order valence-electron chi connectivity index (χ2n) is 6.78. The van der Waals surface area contributed by atoms with Gasteiger partial charge in [0, 0.05) is 29.9 Å². The Morgan fingerprint density at radius 3 is 2.83 bits per heavy atom. The smallest absolute Gasteiger partial charge is 0.332 e. The van der Waals surface area contributed by atoms with E-state index in [-0.39, 0.29) is 17.9 Å². The Hall–Kier alpha value is -2.21. The lowest BCUT2D eigenvalue weighted by Crippen LogP contribution is -2.43. The van der Waals surface area contributed by atoms with Gasteiger partial charge in [0.1, 0.15) is 5.82 Å². The number of rotatable bonds is 2. The van der Waals surface area contributed by atoms with Gasteiger partial charge in [0.05, 0.1) is 6.20 Å². The molecule has 0 saturated carbocycles. The maximum absolute atomic E-state index is 13.9. The van der Waals surface area contributed by atoms with Crippen molar-refractivity contribution in [1.29, 1.82) is 0 Å². The molecule has 1 atom stereocenters. The van der Waals surface area contributed by atoms with Gasteiger partial charge in [-0.3, -0.25) is 0 Å². The van der Waals surface area contributed by atoms with Crippen molar-refractivity contribution in [3.8, 4) is 11.1 Å². The maximum Gasteiger partial charge on any atom is 0.342 e. The van der Waals surface area contributed by atoms with Crippen LogP contribution in [0.15, 0.2) is 36.7 Å². The van der Waals surface area contributed by atoms with E-state index in [9.17, 15) is 9.18 Å². The SMILES string of the molecule is O=C(NC1CC2CCN(CC2)C1)n1cc(-c2ccccc2F)cn1. The van der Waals surface area contributed by atoms with E-state index in [1.165, 1.54) is 29.8 Å². The van der Waals surface area contributed by atoms with Gasteiger partial charge in [-0.05, 0) is 44.3 Å². The van der Waals surface area contributed by atoms with E-state index in [2.05, 4.69) is 15.3 Å². The van der Waals surface area contributed by atoms with Crippen LogP contribution in [0.25, 0.3) is 11.1 Å². The Morgan fingerprint density at radius 2 is 2.04 bits per heavy atom. The molecule has 5 rings (SSSR count). The third-order valence-electron chi connectivity index (χ3n) is 5.11. The molecule has 0 radical (unpaired) electrons. The van der Waals surface area contributed by atoms with Crippen molar-refractivity contribution in [3.63, 3.8) is 0 Å². The topological polar surface area (TPSA) is 50.2 Å². The Labute approximate surface area is 140 Å². The fourth-order valence-corrected chi connectivity index (χ4v) is 3.81. The fourth-order valence-electron chi connectivity index (χ4n) is 3.81. The van der Waals surface area contributed by atoms with Crippen LogP contribution in [0, 0.1) is 11.7 Å². The Morgan fingerprint density at radius 1 is 1.25 bits per heavy atom.